The Bertz CT molecular complexity index is 834. The minimum atomic E-state index is -2.45. The van der Waals surface area contributed by atoms with Crippen molar-refractivity contribution in [3.05, 3.63) is 23.8 Å². The maximum Gasteiger partial charge on any atom is 0.229 e. The van der Waals surface area contributed by atoms with Crippen LogP contribution in [0.3, 0.4) is 0 Å². The molecule has 0 spiro atoms. The molecule has 0 amide bonds. The lowest BCUT2D eigenvalue weighted by Crippen LogP contribution is -2.60. The van der Waals surface area contributed by atoms with E-state index in [4.69, 9.17) is 28.8 Å². The second-order valence-electron chi connectivity index (χ2n) is 7.81. The van der Waals surface area contributed by atoms with E-state index >= 15 is 0 Å². The summed E-state index contributed by atoms with van der Waals surface area (Å²) in [6.07, 6.45) is -13.2. The molecule has 0 aromatic heterocycles. The van der Waals surface area contributed by atoms with Crippen molar-refractivity contribution in [3.8, 4) is 11.5 Å². The third-order valence-corrected chi connectivity index (χ3v) is 5.52. The number of carbonyl (C=O) groups is 1. The Balaban J connectivity index is 1.73. The number of aliphatic hydroxyl groups excluding tert-OH is 6. The van der Waals surface area contributed by atoms with Gasteiger partial charge in [0.25, 0.3) is 0 Å². The third-order valence-electron chi connectivity index (χ3n) is 5.52. The van der Waals surface area contributed by atoms with Gasteiger partial charge in [0, 0.05) is 6.07 Å². The molecule has 13 nitrogen and oxygen atoms in total. The summed E-state index contributed by atoms with van der Waals surface area (Å²) in [5.41, 5.74) is 0.153. The van der Waals surface area contributed by atoms with E-state index in [1.54, 1.807) is 0 Å². The molecule has 0 bridgehead atoms. The van der Waals surface area contributed by atoms with E-state index in [0.717, 1.165) is 0 Å². The molecule has 186 valence electrons. The number of rotatable bonds is 8. The van der Waals surface area contributed by atoms with Gasteiger partial charge in [-0.3, -0.25) is 4.79 Å². The van der Waals surface area contributed by atoms with Gasteiger partial charge >= 0.3 is 0 Å². The van der Waals surface area contributed by atoms with Crippen LogP contribution in [0.5, 0.6) is 11.5 Å². The Labute approximate surface area is 188 Å². The minimum Gasteiger partial charge on any atom is -0.497 e. The van der Waals surface area contributed by atoms with Gasteiger partial charge in [-0.2, -0.15) is 0 Å². The molecule has 9 atom stereocenters. The van der Waals surface area contributed by atoms with E-state index in [-0.39, 0.29) is 17.1 Å². The second kappa shape index (κ2) is 10.1. The van der Waals surface area contributed by atoms with Crippen LogP contribution in [-0.2, 0) is 14.2 Å². The third kappa shape index (κ3) is 5.12. The van der Waals surface area contributed by atoms with E-state index in [0.29, 0.717) is 5.75 Å². The number of methoxy groups -OCH3 is 1. The van der Waals surface area contributed by atoms with Crippen molar-refractivity contribution in [1.29, 1.82) is 0 Å². The van der Waals surface area contributed by atoms with Crippen LogP contribution >= 0.6 is 0 Å². The molecule has 3 rings (SSSR count). The minimum absolute atomic E-state index is 0.000149. The maximum atomic E-state index is 11.9. The van der Waals surface area contributed by atoms with E-state index < -0.39 is 68.2 Å². The number of carbonyl (C=O) groups excluding carboxylic acids is 1. The maximum absolute atomic E-state index is 11.9. The molecule has 0 unspecified atom stereocenters. The number of benzene rings is 1. The number of hydrogen-bond donors (Lipinski definition) is 7. The summed E-state index contributed by atoms with van der Waals surface area (Å²) < 4.78 is 26.4. The molecule has 7 N–H and O–H groups in total. The zero-order chi connectivity index (χ0) is 24.5. The summed E-state index contributed by atoms with van der Waals surface area (Å²) in [5.74, 6) is -2.45. The van der Waals surface area contributed by atoms with Crippen molar-refractivity contribution in [2.75, 3.05) is 20.3 Å². The first-order valence-corrected chi connectivity index (χ1v) is 10.1. The summed E-state index contributed by atoms with van der Waals surface area (Å²) in [5, 5.41) is 69.7. The van der Waals surface area contributed by atoms with Gasteiger partial charge in [0.2, 0.25) is 12.1 Å². The molecule has 1 aromatic carbocycles. The van der Waals surface area contributed by atoms with Crippen LogP contribution < -0.4 is 9.47 Å². The van der Waals surface area contributed by atoms with Gasteiger partial charge in [0.1, 0.15) is 48.1 Å². The van der Waals surface area contributed by atoms with Gasteiger partial charge in [-0.15, -0.1) is 0 Å². The standard InChI is InChI=1S/C20H28O13/c1-8(22)10-4-3-9(29-2)5-11(10)31-19-15(25)14(24)13(23)12(32-19)6-30-18-16(26)17(27)20(28,7-21)33-18/h3-5,12-19,21,23-28H,6-7H2,1-2H3/t12-,13-,14+,15-,16-,17+,18-,19-,20-/m1/s1. The van der Waals surface area contributed by atoms with E-state index in [2.05, 4.69) is 0 Å². The molecule has 13 heteroatoms. The second-order valence-corrected chi connectivity index (χ2v) is 7.81. The monoisotopic (exact) mass is 476 g/mol. The molecular weight excluding hydrogens is 448 g/mol. The van der Waals surface area contributed by atoms with E-state index in [9.17, 15) is 35.4 Å². The number of aliphatic hydroxyl groups is 7. The fraction of sp³-hybridized carbons (Fsp3) is 0.650. The smallest absolute Gasteiger partial charge is 0.229 e. The molecule has 0 aliphatic carbocycles. The van der Waals surface area contributed by atoms with Crippen LogP contribution in [0.2, 0.25) is 0 Å². The molecule has 2 heterocycles. The normalized spacial score (nSPS) is 38.8. The van der Waals surface area contributed by atoms with Crippen molar-refractivity contribution >= 4 is 5.78 Å². The van der Waals surface area contributed by atoms with Crippen LogP contribution in [0.1, 0.15) is 17.3 Å². The van der Waals surface area contributed by atoms with Crippen LogP contribution in [0.25, 0.3) is 0 Å². The molecule has 33 heavy (non-hydrogen) atoms. The highest BCUT2D eigenvalue weighted by atomic mass is 16.8. The molecule has 2 saturated heterocycles. The fourth-order valence-electron chi connectivity index (χ4n) is 3.50. The Hall–Kier alpha value is -1.91. The van der Waals surface area contributed by atoms with E-state index in [1.165, 1.54) is 32.2 Å². The highest BCUT2D eigenvalue weighted by molar-refractivity contribution is 5.97. The van der Waals surface area contributed by atoms with E-state index in [1.807, 2.05) is 0 Å². The SMILES string of the molecule is COc1ccc(C(C)=O)c(O[C@@H]2O[C@H](CO[C@@H]3O[C@](O)(CO)[C@@H](O)[C@H]3O)[C@@H](O)[C@H](O)[C@H]2O)c1. The highest BCUT2D eigenvalue weighted by Gasteiger charge is 2.54. The van der Waals surface area contributed by atoms with Crippen LogP contribution in [0.4, 0.5) is 0 Å². The lowest BCUT2D eigenvalue weighted by molar-refractivity contribution is -0.307. The van der Waals surface area contributed by atoms with Gasteiger partial charge in [-0.05, 0) is 19.1 Å². The average molecular weight is 476 g/mol. The molecule has 2 fully saturated rings. The van der Waals surface area contributed by atoms with Gasteiger partial charge < -0.3 is 59.4 Å². The van der Waals surface area contributed by atoms with Gasteiger partial charge in [0.05, 0.1) is 25.9 Å². The predicted molar refractivity (Wildman–Crippen MR) is 105 cm³/mol. The summed E-state index contributed by atoms with van der Waals surface area (Å²) in [7, 11) is 1.40. The largest absolute Gasteiger partial charge is 0.497 e. The topological polar surface area (TPSA) is 205 Å². The van der Waals surface area contributed by atoms with Crippen molar-refractivity contribution < 1.29 is 64.2 Å². The Kier molecular flexibility index (Phi) is 7.91. The summed E-state index contributed by atoms with van der Waals surface area (Å²) in [6.45, 7) is -0.261. The first-order chi connectivity index (χ1) is 15.5. The first kappa shape index (κ1) is 25.7. The van der Waals surface area contributed by atoms with Crippen LogP contribution in [0, 0.1) is 0 Å². The molecule has 0 radical (unpaired) electrons. The van der Waals surface area contributed by atoms with Gasteiger partial charge in [0.15, 0.2) is 12.1 Å². The van der Waals surface area contributed by atoms with Crippen molar-refractivity contribution in [2.45, 2.75) is 61.9 Å². The summed E-state index contributed by atoms with van der Waals surface area (Å²) >= 11 is 0. The molecule has 2 aliphatic heterocycles. The van der Waals surface area contributed by atoms with Gasteiger partial charge in [-0.25, -0.2) is 0 Å². The molecule has 1 aromatic rings. The zero-order valence-electron chi connectivity index (χ0n) is 17.8. The predicted octanol–water partition coefficient (Wildman–Crippen LogP) is -3.14. The van der Waals surface area contributed by atoms with Crippen molar-refractivity contribution in [1.82, 2.24) is 0 Å². The molecule has 2 aliphatic rings. The molecule has 0 saturated carbocycles. The first-order valence-electron chi connectivity index (χ1n) is 10.1. The Morgan fingerprint density at radius 2 is 1.76 bits per heavy atom. The number of ketones is 1. The number of ether oxygens (including phenoxy) is 5. The van der Waals surface area contributed by atoms with Crippen LogP contribution in [0.15, 0.2) is 18.2 Å². The van der Waals surface area contributed by atoms with Crippen molar-refractivity contribution in [2.24, 2.45) is 0 Å². The highest BCUT2D eigenvalue weighted by Crippen LogP contribution is 2.32. The summed E-state index contributed by atoms with van der Waals surface area (Å²) in [6, 6.07) is 4.37. The Morgan fingerprint density at radius 1 is 1.06 bits per heavy atom. The van der Waals surface area contributed by atoms with Gasteiger partial charge in [-0.1, -0.05) is 0 Å². The lowest BCUT2D eigenvalue weighted by atomic mass is 9.99. The van der Waals surface area contributed by atoms with Crippen LogP contribution in [-0.4, -0.2) is 117 Å². The fourth-order valence-corrected chi connectivity index (χ4v) is 3.50. The zero-order valence-corrected chi connectivity index (χ0v) is 17.8. The van der Waals surface area contributed by atoms with Crippen molar-refractivity contribution in [3.63, 3.8) is 0 Å². The lowest BCUT2D eigenvalue weighted by Gasteiger charge is -2.40. The Morgan fingerprint density at radius 3 is 2.33 bits per heavy atom. The number of Topliss-reactive ketones (excluding diaryl/α,β-unsaturated/α-hetero) is 1. The molecular formula is C20H28O13. The quantitative estimate of drug-likeness (QED) is 0.186. The average Bonchev–Trinajstić information content (AvgIpc) is 3.02. The summed E-state index contributed by atoms with van der Waals surface area (Å²) in [4.78, 5) is 11.9. The number of hydrogen-bond acceptors (Lipinski definition) is 13.